The maximum atomic E-state index is 13.0. The van der Waals surface area contributed by atoms with E-state index in [1.807, 2.05) is 4.90 Å². The summed E-state index contributed by atoms with van der Waals surface area (Å²) in [7, 11) is 0. The van der Waals surface area contributed by atoms with Crippen molar-refractivity contribution in [3.05, 3.63) is 23.8 Å². The fraction of sp³-hybridized carbons (Fsp3) is 0.588. The number of benzene rings is 1. The van der Waals surface area contributed by atoms with Gasteiger partial charge in [-0.1, -0.05) is 0 Å². The van der Waals surface area contributed by atoms with Gasteiger partial charge >= 0.3 is 12.3 Å². The Kier molecular flexibility index (Phi) is 5.39. The average Bonchev–Trinajstić information content (AvgIpc) is 2.69. The lowest BCUT2D eigenvalue weighted by atomic mass is 10.1. The van der Waals surface area contributed by atoms with E-state index in [9.17, 15) is 18.0 Å². The number of carbonyl (C=O) groups is 1. The van der Waals surface area contributed by atoms with Crippen LogP contribution < -0.4 is 10.6 Å². The van der Waals surface area contributed by atoms with E-state index in [-0.39, 0.29) is 5.69 Å². The molecule has 2 rings (SSSR count). The van der Waals surface area contributed by atoms with Crippen molar-refractivity contribution < 1.29 is 22.7 Å². The second-order valence-corrected chi connectivity index (χ2v) is 7.12. The number of nitrogen functional groups attached to an aromatic ring is 1. The van der Waals surface area contributed by atoms with Crippen LogP contribution in [0.2, 0.25) is 0 Å². The number of nitrogens with two attached hydrogens (primary N) is 1. The molecule has 1 aliphatic heterocycles. The fourth-order valence-corrected chi connectivity index (χ4v) is 2.67. The maximum absolute atomic E-state index is 13.0. The van der Waals surface area contributed by atoms with Crippen LogP contribution in [-0.2, 0) is 10.9 Å². The summed E-state index contributed by atoms with van der Waals surface area (Å²) < 4.78 is 44.3. The summed E-state index contributed by atoms with van der Waals surface area (Å²) >= 11 is 0. The molecule has 1 aliphatic rings. The largest absolute Gasteiger partial charge is 0.444 e. The first kappa shape index (κ1) is 19.2. The van der Waals surface area contributed by atoms with Crippen molar-refractivity contribution in [3.63, 3.8) is 0 Å². The zero-order valence-corrected chi connectivity index (χ0v) is 14.7. The molecule has 0 saturated carbocycles. The first-order valence-corrected chi connectivity index (χ1v) is 8.16. The quantitative estimate of drug-likeness (QED) is 0.776. The molecule has 5 nitrogen and oxygen atoms in total. The van der Waals surface area contributed by atoms with E-state index in [2.05, 4.69) is 0 Å². The van der Waals surface area contributed by atoms with E-state index >= 15 is 0 Å². The Morgan fingerprint density at radius 2 is 1.76 bits per heavy atom. The molecule has 1 fully saturated rings. The van der Waals surface area contributed by atoms with Gasteiger partial charge in [0.05, 0.1) is 5.56 Å². The summed E-state index contributed by atoms with van der Waals surface area (Å²) in [5.74, 6) is 0. The van der Waals surface area contributed by atoms with Gasteiger partial charge in [-0.25, -0.2) is 4.79 Å². The Labute approximate surface area is 145 Å². The number of nitrogens with zero attached hydrogens (tertiary/aromatic N) is 2. The van der Waals surface area contributed by atoms with Crippen LogP contribution in [0.25, 0.3) is 0 Å². The summed E-state index contributed by atoms with van der Waals surface area (Å²) in [6.45, 7) is 7.21. The van der Waals surface area contributed by atoms with Crippen LogP contribution in [0, 0.1) is 0 Å². The molecule has 0 radical (unpaired) electrons. The number of alkyl halides is 3. The lowest BCUT2D eigenvalue weighted by Crippen LogP contribution is -2.39. The summed E-state index contributed by atoms with van der Waals surface area (Å²) in [6.07, 6.45) is -4.22. The van der Waals surface area contributed by atoms with E-state index in [0.717, 1.165) is 12.1 Å². The molecule has 8 heteroatoms. The lowest BCUT2D eigenvalue weighted by molar-refractivity contribution is -0.137. The SMILES string of the molecule is CC(C)(C)OC(=O)N1CCCN(c2cc(N)cc(C(F)(F)F)c2)CC1. The Hall–Kier alpha value is -2.12. The van der Waals surface area contributed by atoms with Crippen molar-refractivity contribution in [1.29, 1.82) is 0 Å². The second-order valence-electron chi connectivity index (χ2n) is 7.12. The number of carbonyl (C=O) groups excluding carboxylic acids is 1. The Bertz CT molecular complexity index is 627. The zero-order valence-electron chi connectivity index (χ0n) is 14.7. The molecule has 2 N–H and O–H groups in total. The molecule has 0 aliphatic carbocycles. The Morgan fingerprint density at radius 3 is 2.36 bits per heavy atom. The molecular formula is C17H24F3N3O2. The minimum atomic E-state index is -4.45. The summed E-state index contributed by atoms with van der Waals surface area (Å²) in [5.41, 5.74) is 4.77. The van der Waals surface area contributed by atoms with Crippen molar-refractivity contribution in [2.75, 3.05) is 36.8 Å². The van der Waals surface area contributed by atoms with Gasteiger partial charge in [0.25, 0.3) is 0 Å². The predicted octanol–water partition coefficient (Wildman–Crippen LogP) is 3.73. The minimum Gasteiger partial charge on any atom is -0.444 e. The Morgan fingerprint density at radius 1 is 1.08 bits per heavy atom. The van der Waals surface area contributed by atoms with E-state index in [1.54, 1.807) is 25.7 Å². The van der Waals surface area contributed by atoms with Gasteiger partial charge in [-0.15, -0.1) is 0 Å². The third kappa shape index (κ3) is 5.44. The van der Waals surface area contributed by atoms with Crippen molar-refractivity contribution in [2.24, 2.45) is 0 Å². The smallest absolute Gasteiger partial charge is 0.416 e. The van der Waals surface area contributed by atoms with Gasteiger partial charge in [0, 0.05) is 37.6 Å². The minimum absolute atomic E-state index is 0.0677. The molecule has 0 unspecified atom stereocenters. The van der Waals surface area contributed by atoms with Crippen molar-refractivity contribution in [1.82, 2.24) is 4.90 Å². The molecule has 1 amide bonds. The third-order valence-electron chi connectivity index (χ3n) is 3.78. The molecular weight excluding hydrogens is 335 g/mol. The first-order chi connectivity index (χ1) is 11.5. The maximum Gasteiger partial charge on any atom is 0.416 e. The van der Waals surface area contributed by atoms with Crippen LogP contribution >= 0.6 is 0 Å². The van der Waals surface area contributed by atoms with Gasteiger partial charge in [-0.2, -0.15) is 13.2 Å². The molecule has 0 spiro atoms. The topological polar surface area (TPSA) is 58.8 Å². The highest BCUT2D eigenvalue weighted by Crippen LogP contribution is 2.34. The van der Waals surface area contributed by atoms with Gasteiger partial charge in [0.15, 0.2) is 0 Å². The number of ether oxygens (including phenoxy) is 1. The normalized spacial score (nSPS) is 16.6. The number of hydrogen-bond donors (Lipinski definition) is 1. The highest BCUT2D eigenvalue weighted by molar-refractivity contribution is 5.68. The third-order valence-corrected chi connectivity index (χ3v) is 3.78. The number of halogens is 3. The van der Waals surface area contributed by atoms with E-state index in [4.69, 9.17) is 10.5 Å². The number of rotatable bonds is 1. The highest BCUT2D eigenvalue weighted by atomic mass is 19.4. The van der Waals surface area contributed by atoms with Gasteiger partial charge in [-0.3, -0.25) is 0 Å². The summed E-state index contributed by atoms with van der Waals surface area (Å²) in [6, 6.07) is 3.55. The molecule has 0 aromatic heterocycles. The monoisotopic (exact) mass is 359 g/mol. The first-order valence-electron chi connectivity index (χ1n) is 8.16. The van der Waals surface area contributed by atoms with Crippen LogP contribution in [0.5, 0.6) is 0 Å². The zero-order chi connectivity index (χ0) is 18.8. The van der Waals surface area contributed by atoms with Crippen LogP contribution in [0.15, 0.2) is 18.2 Å². The van der Waals surface area contributed by atoms with E-state index in [1.165, 1.54) is 6.07 Å². The number of anilines is 2. The standard InChI is InChI=1S/C17H24F3N3O2/c1-16(2,3)25-15(24)23-6-4-5-22(7-8-23)14-10-12(17(18,19)20)9-13(21)11-14/h9-11H,4-8,21H2,1-3H3. The molecule has 1 heterocycles. The predicted molar refractivity (Wildman–Crippen MR) is 90.5 cm³/mol. The van der Waals surface area contributed by atoms with Crippen molar-refractivity contribution >= 4 is 17.5 Å². The lowest BCUT2D eigenvalue weighted by Gasteiger charge is -2.27. The van der Waals surface area contributed by atoms with Crippen LogP contribution in [0.1, 0.15) is 32.8 Å². The van der Waals surface area contributed by atoms with E-state index < -0.39 is 23.4 Å². The molecule has 1 saturated heterocycles. The van der Waals surface area contributed by atoms with Crippen LogP contribution in [0.3, 0.4) is 0 Å². The fourth-order valence-electron chi connectivity index (χ4n) is 2.67. The highest BCUT2D eigenvalue weighted by Gasteiger charge is 2.32. The van der Waals surface area contributed by atoms with Crippen molar-refractivity contribution in [2.45, 2.75) is 39.0 Å². The molecule has 0 bridgehead atoms. The Balaban J connectivity index is 2.11. The van der Waals surface area contributed by atoms with Crippen LogP contribution in [0.4, 0.5) is 29.3 Å². The summed E-state index contributed by atoms with van der Waals surface area (Å²) in [4.78, 5) is 15.6. The van der Waals surface area contributed by atoms with Crippen molar-refractivity contribution in [3.8, 4) is 0 Å². The van der Waals surface area contributed by atoms with Gasteiger partial charge in [0.1, 0.15) is 5.60 Å². The molecule has 140 valence electrons. The van der Waals surface area contributed by atoms with E-state index in [0.29, 0.717) is 38.3 Å². The van der Waals surface area contributed by atoms with Gasteiger partial charge in [-0.05, 0) is 45.4 Å². The number of hydrogen-bond acceptors (Lipinski definition) is 4. The molecule has 0 atom stereocenters. The van der Waals surface area contributed by atoms with Crippen LogP contribution in [-0.4, -0.2) is 42.8 Å². The molecule has 25 heavy (non-hydrogen) atoms. The van der Waals surface area contributed by atoms with Gasteiger partial charge in [0.2, 0.25) is 0 Å². The molecule has 1 aromatic carbocycles. The average molecular weight is 359 g/mol. The summed E-state index contributed by atoms with van der Waals surface area (Å²) in [5, 5.41) is 0. The molecule has 1 aromatic rings. The number of amides is 1. The second kappa shape index (κ2) is 7.01. The van der Waals surface area contributed by atoms with Gasteiger partial charge < -0.3 is 20.3 Å².